The lowest BCUT2D eigenvalue weighted by molar-refractivity contribution is 0.0943. The van der Waals surface area contributed by atoms with E-state index in [1.807, 2.05) is 12.1 Å². The molecule has 2 aliphatic rings. The van der Waals surface area contributed by atoms with Gasteiger partial charge < -0.3 is 20.1 Å². The maximum atomic E-state index is 12.9. The molecule has 1 amide bonds. The molecule has 0 radical (unpaired) electrons. The normalized spacial score (nSPS) is 18.6. The van der Waals surface area contributed by atoms with Crippen molar-refractivity contribution in [1.82, 2.24) is 4.90 Å². The quantitative estimate of drug-likeness (QED) is 0.511. The average molecular weight is 415 g/mol. The number of amides is 1. The molecule has 1 aromatic carbocycles. The molecule has 6 heteroatoms. The van der Waals surface area contributed by atoms with Crippen molar-refractivity contribution in [2.24, 2.45) is 5.73 Å². The van der Waals surface area contributed by atoms with Crippen LogP contribution in [0.2, 0.25) is 0 Å². The summed E-state index contributed by atoms with van der Waals surface area (Å²) < 4.78 is 11.4. The molecule has 2 saturated carbocycles. The van der Waals surface area contributed by atoms with Crippen molar-refractivity contribution in [1.29, 1.82) is 0 Å². The standard InChI is InChI=1S/C24H34N2O4/c1-17(25)22(16-29-24(28)26(2)19-8-6-7-9-19)23(27)18-12-14-21(15-13-18)30-20-10-4-3-5-11-20/h12-15,19-20H,3-11,16,25H2,1-2H3. The Hall–Kier alpha value is -2.50. The molecule has 0 aliphatic heterocycles. The Morgan fingerprint density at radius 3 is 2.20 bits per heavy atom. The number of allylic oxidation sites excluding steroid dienone is 1. The smallest absolute Gasteiger partial charge is 0.410 e. The van der Waals surface area contributed by atoms with Crippen LogP contribution in [-0.2, 0) is 4.74 Å². The maximum Gasteiger partial charge on any atom is 0.410 e. The third-order valence-electron chi connectivity index (χ3n) is 6.22. The second kappa shape index (κ2) is 10.5. The van der Waals surface area contributed by atoms with E-state index in [4.69, 9.17) is 15.2 Å². The van der Waals surface area contributed by atoms with Crippen LogP contribution in [0.4, 0.5) is 4.79 Å². The number of ketones is 1. The first-order chi connectivity index (χ1) is 14.5. The Morgan fingerprint density at radius 1 is 1.00 bits per heavy atom. The second-order valence-corrected chi connectivity index (χ2v) is 8.50. The zero-order valence-corrected chi connectivity index (χ0v) is 18.2. The van der Waals surface area contributed by atoms with Crippen LogP contribution in [0, 0.1) is 0 Å². The van der Waals surface area contributed by atoms with Crippen molar-refractivity contribution in [3.05, 3.63) is 41.1 Å². The van der Waals surface area contributed by atoms with Crippen LogP contribution in [0.25, 0.3) is 0 Å². The zero-order chi connectivity index (χ0) is 21.5. The zero-order valence-electron chi connectivity index (χ0n) is 18.2. The van der Waals surface area contributed by atoms with Gasteiger partial charge in [0.05, 0.1) is 11.7 Å². The average Bonchev–Trinajstić information content (AvgIpc) is 3.29. The molecular formula is C24H34N2O4. The predicted molar refractivity (Wildman–Crippen MR) is 117 cm³/mol. The monoisotopic (exact) mass is 414 g/mol. The van der Waals surface area contributed by atoms with Gasteiger partial charge in [-0.2, -0.15) is 0 Å². The van der Waals surface area contributed by atoms with Crippen molar-refractivity contribution in [2.75, 3.05) is 13.7 Å². The van der Waals surface area contributed by atoms with Crippen molar-refractivity contribution in [3.8, 4) is 5.75 Å². The number of hydrogen-bond donors (Lipinski definition) is 1. The van der Waals surface area contributed by atoms with Crippen LogP contribution >= 0.6 is 0 Å². The number of benzene rings is 1. The van der Waals surface area contributed by atoms with Gasteiger partial charge in [-0.3, -0.25) is 4.79 Å². The number of ether oxygens (including phenoxy) is 2. The van der Waals surface area contributed by atoms with Crippen LogP contribution in [0.5, 0.6) is 5.75 Å². The predicted octanol–water partition coefficient (Wildman–Crippen LogP) is 4.82. The number of nitrogens with two attached hydrogens (primary N) is 1. The Bertz CT molecular complexity index is 756. The molecule has 6 nitrogen and oxygen atoms in total. The van der Waals surface area contributed by atoms with E-state index in [0.29, 0.717) is 16.8 Å². The molecule has 0 saturated heterocycles. The summed E-state index contributed by atoms with van der Waals surface area (Å²) in [5, 5.41) is 0. The maximum absolute atomic E-state index is 12.9. The molecule has 1 aromatic rings. The van der Waals surface area contributed by atoms with Crippen molar-refractivity contribution in [2.45, 2.75) is 76.9 Å². The number of hydrogen-bond acceptors (Lipinski definition) is 5. The second-order valence-electron chi connectivity index (χ2n) is 8.50. The minimum atomic E-state index is -0.412. The lowest BCUT2D eigenvalue weighted by Gasteiger charge is -2.24. The molecular weight excluding hydrogens is 380 g/mol. The van der Waals surface area contributed by atoms with E-state index in [-0.39, 0.29) is 24.5 Å². The molecule has 3 rings (SSSR count). The molecule has 0 spiro atoms. The van der Waals surface area contributed by atoms with E-state index in [1.54, 1.807) is 31.0 Å². The first-order valence-corrected chi connectivity index (χ1v) is 11.1. The van der Waals surface area contributed by atoms with Crippen molar-refractivity contribution in [3.63, 3.8) is 0 Å². The molecule has 164 valence electrons. The summed E-state index contributed by atoms with van der Waals surface area (Å²) >= 11 is 0. The third-order valence-corrected chi connectivity index (χ3v) is 6.22. The first-order valence-electron chi connectivity index (χ1n) is 11.1. The summed E-state index contributed by atoms with van der Waals surface area (Å²) in [5.41, 5.74) is 7.12. The van der Waals surface area contributed by atoms with Gasteiger partial charge in [-0.1, -0.05) is 19.3 Å². The highest BCUT2D eigenvalue weighted by Crippen LogP contribution is 2.25. The molecule has 0 bridgehead atoms. The van der Waals surface area contributed by atoms with Crippen molar-refractivity contribution >= 4 is 11.9 Å². The largest absolute Gasteiger partial charge is 0.490 e. The van der Waals surface area contributed by atoms with Crippen molar-refractivity contribution < 1.29 is 19.1 Å². The van der Waals surface area contributed by atoms with E-state index in [2.05, 4.69) is 0 Å². The summed E-state index contributed by atoms with van der Waals surface area (Å²) in [6.07, 6.45) is 9.98. The fraction of sp³-hybridized carbons (Fsp3) is 0.583. The Morgan fingerprint density at radius 2 is 1.60 bits per heavy atom. The lowest BCUT2D eigenvalue weighted by atomic mass is 9.97. The fourth-order valence-electron chi connectivity index (χ4n) is 4.27. The SMILES string of the molecule is CC(N)=C(COC(=O)N(C)C1CCCC1)C(=O)c1ccc(OC2CCCCC2)cc1. The molecule has 2 aliphatic carbocycles. The third kappa shape index (κ3) is 5.77. The summed E-state index contributed by atoms with van der Waals surface area (Å²) in [6.45, 7) is 1.53. The Balaban J connectivity index is 1.58. The van der Waals surface area contributed by atoms with E-state index in [9.17, 15) is 9.59 Å². The Kier molecular flexibility index (Phi) is 7.77. The van der Waals surface area contributed by atoms with Gasteiger partial charge in [0.15, 0.2) is 5.78 Å². The number of rotatable bonds is 7. The molecule has 0 heterocycles. The number of carbonyl (C=O) groups is 2. The van der Waals surface area contributed by atoms with Crippen LogP contribution in [0.3, 0.4) is 0 Å². The van der Waals surface area contributed by atoms with E-state index in [0.717, 1.165) is 44.3 Å². The molecule has 2 fully saturated rings. The van der Waals surface area contributed by atoms with Crippen LogP contribution in [0.15, 0.2) is 35.5 Å². The van der Waals surface area contributed by atoms with Gasteiger partial charge in [0.25, 0.3) is 0 Å². The molecule has 30 heavy (non-hydrogen) atoms. The minimum Gasteiger partial charge on any atom is -0.490 e. The van der Waals surface area contributed by atoms with E-state index < -0.39 is 6.09 Å². The summed E-state index contributed by atoms with van der Waals surface area (Å²) in [6, 6.07) is 7.36. The molecule has 0 unspecified atom stereocenters. The Labute approximate surface area is 179 Å². The first kappa shape index (κ1) is 22.2. The van der Waals surface area contributed by atoms with Gasteiger partial charge in [-0.05, 0) is 69.7 Å². The highest BCUT2D eigenvalue weighted by molar-refractivity contribution is 6.09. The lowest BCUT2D eigenvalue weighted by Crippen LogP contribution is -2.36. The van der Waals surface area contributed by atoms with Gasteiger partial charge in [-0.25, -0.2) is 4.79 Å². The van der Waals surface area contributed by atoms with Gasteiger partial charge in [0, 0.05) is 24.4 Å². The van der Waals surface area contributed by atoms with Crippen LogP contribution in [0.1, 0.15) is 75.1 Å². The number of Topliss-reactive ketones (excluding diaryl/α,β-unsaturated/α-hetero) is 1. The minimum absolute atomic E-state index is 0.128. The van der Waals surface area contributed by atoms with Crippen LogP contribution < -0.4 is 10.5 Å². The van der Waals surface area contributed by atoms with E-state index in [1.165, 1.54) is 19.3 Å². The highest BCUT2D eigenvalue weighted by atomic mass is 16.6. The van der Waals surface area contributed by atoms with Gasteiger partial charge in [0.2, 0.25) is 0 Å². The molecule has 0 aromatic heterocycles. The highest BCUT2D eigenvalue weighted by Gasteiger charge is 2.25. The van der Waals surface area contributed by atoms with Crippen LogP contribution in [-0.4, -0.2) is 42.6 Å². The number of nitrogens with zero attached hydrogens (tertiary/aromatic N) is 1. The van der Waals surface area contributed by atoms with Gasteiger partial charge in [-0.15, -0.1) is 0 Å². The summed E-state index contributed by atoms with van der Waals surface area (Å²) in [4.78, 5) is 26.9. The fourth-order valence-corrected chi connectivity index (χ4v) is 4.27. The summed E-state index contributed by atoms with van der Waals surface area (Å²) in [5.74, 6) is 0.550. The number of carbonyl (C=O) groups excluding carboxylic acids is 2. The topological polar surface area (TPSA) is 81.9 Å². The van der Waals surface area contributed by atoms with Gasteiger partial charge >= 0.3 is 6.09 Å². The molecule has 2 N–H and O–H groups in total. The summed E-state index contributed by atoms with van der Waals surface area (Å²) in [7, 11) is 1.75. The molecule has 0 atom stereocenters. The van der Waals surface area contributed by atoms with E-state index >= 15 is 0 Å². The van der Waals surface area contributed by atoms with Gasteiger partial charge in [0.1, 0.15) is 12.4 Å².